The van der Waals surface area contributed by atoms with Crippen molar-refractivity contribution in [3.63, 3.8) is 0 Å². The number of halogens is 1. The lowest BCUT2D eigenvalue weighted by Crippen LogP contribution is -2.41. The molecule has 0 N–H and O–H groups in total. The fourth-order valence-corrected chi connectivity index (χ4v) is 6.82. The first-order valence-electron chi connectivity index (χ1n) is 15.6. The van der Waals surface area contributed by atoms with E-state index in [-0.39, 0.29) is 30.0 Å². The van der Waals surface area contributed by atoms with Crippen molar-refractivity contribution in [2.45, 2.75) is 90.7 Å². The number of aryl methyl sites for hydroxylation is 2. The monoisotopic (exact) mass is 646 g/mol. The first-order valence-corrected chi connectivity index (χ1v) is 18.9. The third kappa shape index (κ3) is 6.85. The first kappa shape index (κ1) is 32.8. The summed E-state index contributed by atoms with van der Waals surface area (Å²) in [5.41, 5.74) is 6.30. The van der Waals surface area contributed by atoms with Gasteiger partial charge in [0.1, 0.15) is 12.1 Å². The zero-order valence-corrected chi connectivity index (χ0v) is 29.0. The molecule has 45 heavy (non-hydrogen) atoms. The number of amides is 2. The van der Waals surface area contributed by atoms with Gasteiger partial charge in [-0.05, 0) is 72.3 Å². The Kier molecular flexibility index (Phi) is 9.53. The van der Waals surface area contributed by atoms with Crippen LogP contribution in [0.1, 0.15) is 67.9 Å². The maximum Gasteiger partial charge on any atom is 0.416 e. The van der Waals surface area contributed by atoms with Gasteiger partial charge in [-0.3, -0.25) is 4.79 Å². The molecule has 0 radical (unpaired) electrons. The Morgan fingerprint density at radius 1 is 1.13 bits per heavy atom. The second-order valence-electron chi connectivity index (χ2n) is 13.4. The number of nitrogens with zero attached hydrogens (tertiary/aromatic N) is 4. The molecule has 0 spiro atoms. The number of rotatable bonds is 10. The molecule has 8 nitrogen and oxygen atoms in total. The van der Waals surface area contributed by atoms with Crippen LogP contribution in [-0.2, 0) is 33.5 Å². The van der Waals surface area contributed by atoms with Crippen molar-refractivity contribution in [3.05, 3.63) is 93.5 Å². The standard InChI is InChI=1S/C35H43ClN4O4Si/c1-8-39-30-17-16-28(32(36)33(30)37-38-39)29(25-15-14-23(2)26(19-25)21-44-45(6,7)35(3,4)5)20-31(41)40-27(22-43-34(40)42)18-24-12-10-9-11-13-24/h9-17,19,27,29H,8,18,20-22H2,1-7H3/t27-,29+/m1/s1. The molecule has 10 heteroatoms. The minimum absolute atomic E-state index is 0.0269. The second-order valence-corrected chi connectivity index (χ2v) is 18.6. The first-order chi connectivity index (χ1) is 21.3. The van der Waals surface area contributed by atoms with Gasteiger partial charge in [-0.25, -0.2) is 14.4 Å². The van der Waals surface area contributed by atoms with E-state index in [0.29, 0.717) is 30.1 Å². The van der Waals surface area contributed by atoms with Gasteiger partial charge < -0.3 is 9.16 Å². The van der Waals surface area contributed by atoms with Crippen LogP contribution in [0.4, 0.5) is 4.79 Å². The molecule has 0 unspecified atom stereocenters. The number of cyclic esters (lactones) is 1. The van der Waals surface area contributed by atoms with Crippen LogP contribution in [0.5, 0.6) is 0 Å². The van der Waals surface area contributed by atoms with Gasteiger partial charge in [0.25, 0.3) is 0 Å². The van der Waals surface area contributed by atoms with Crippen molar-refractivity contribution in [1.29, 1.82) is 0 Å². The molecule has 1 aliphatic rings. The van der Waals surface area contributed by atoms with Gasteiger partial charge >= 0.3 is 6.09 Å². The molecule has 4 aromatic rings. The van der Waals surface area contributed by atoms with Crippen molar-refractivity contribution < 1.29 is 18.8 Å². The highest BCUT2D eigenvalue weighted by atomic mass is 35.5. The van der Waals surface area contributed by atoms with Gasteiger partial charge in [0, 0.05) is 18.9 Å². The number of hydrogen-bond donors (Lipinski definition) is 0. The Morgan fingerprint density at radius 3 is 2.56 bits per heavy atom. The number of benzene rings is 3. The van der Waals surface area contributed by atoms with Gasteiger partial charge in [0.2, 0.25) is 5.91 Å². The van der Waals surface area contributed by atoms with Gasteiger partial charge in [0.05, 0.1) is 23.2 Å². The molecule has 1 saturated heterocycles. The lowest BCUT2D eigenvalue weighted by Gasteiger charge is -2.36. The fraction of sp³-hybridized carbons (Fsp3) is 0.429. The van der Waals surface area contributed by atoms with Crippen LogP contribution in [0.2, 0.25) is 23.2 Å². The van der Waals surface area contributed by atoms with Crippen molar-refractivity contribution >= 4 is 43.0 Å². The SMILES string of the molecule is CCn1nnc2c(Cl)c([C@@H](CC(=O)N3C(=O)OC[C@H]3Cc3ccccc3)c3ccc(C)c(CO[Si](C)(C)C(C)(C)C)c3)ccc21. The molecule has 1 aliphatic heterocycles. The summed E-state index contributed by atoms with van der Waals surface area (Å²) in [6, 6.07) is 19.6. The van der Waals surface area contributed by atoms with E-state index < -0.39 is 20.3 Å². The Bertz CT molecular complexity index is 1700. The number of hydrogen-bond acceptors (Lipinski definition) is 6. The summed E-state index contributed by atoms with van der Waals surface area (Å²) in [4.78, 5) is 28.3. The normalized spacial score (nSPS) is 16.3. The Morgan fingerprint density at radius 2 is 1.87 bits per heavy atom. The van der Waals surface area contributed by atoms with Crippen molar-refractivity contribution in [2.75, 3.05) is 6.61 Å². The van der Waals surface area contributed by atoms with E-state index in [0.717, 1.165) is 33.3 Å². The molecule has 2 heterocycles. The van der Waals surface area contributed by atoms with Crippen LogP contribution in [0, 0.1) is 6.92 Å². The highest BCUT2D eigenvalue weighted by molar-refractivity contribution is 6.74. The largest absolute Gasteiger partial charge is 0.447 e. The molecule has 2 atom stereocenters. The van der Waals surface area contributed by atoms with Gasteiger partial charge in [-0.2, -0.15) is 0 Å². The van der Waals surface area contributed by atoms with Crippen LogP contribution in [0.15, 0.2) is 60.7 Å². The molecule has 5 rings (SSSR count). The smallest absolute Gasteiger partial charge is 0.416 e. The summed E-state index contributed by atoms with van der Waals surface area (Å²) in [5, 5.41) is 9.15. The Balaban J connectivity index is 1.52. The van der Waals surface area contributed by atoms with Crippen LogP contribution >= 0.6 is 11.6 Å². The highest BCUT2D eigenvalue weighted by Crippen LogP contribution is 2.40. The average molecular weight is 647 g/mol. The molecule has 238 valence electrons. The van der Waals surface area contributed by atoms with E-state index in [1.54, 1.807) is 4.68 Å². The third-order valence-corrected chi connectivity index (χ3v) is 14.3. The molecular formula is C35H43ClN4O4Si. The molecule has 3 aromatic carbocycles. The average Bonchev–Trinajstić information content (AvgIpc) is 3.59. The fourth-order valence-electron chi connectivity index (χ4n) is 5.54. The van der Waals surface area contributed by atoms with Gasteiger partial charge in [-0.15, -0.1) is 5.10 Å². The van der Waals surface area contributed by atoms with Gasteiger partial charge in [0.15, 0.2) is 8.32 Å². The summed E-state index contributed by atoms with van der Waals surface area (Å²) < 4.78 is 13.8. The third-order valence-electron chi connectivity index (χ3n) is 9.42. The predicted octanol–water partition coefficient (Wildman–Crippen LogP) is 8.05. The zero-order valence-electron chi connectivity index (χ0n) is 27.3. The topological polar surface area (TPSA) is 86.6 Å². The zero-order chi connectivity index (χ0) is 32.5. The van der Waals surface area contributed by atoms with Gasteiger partial charge in [-0.1, -0.05) is 92.2 Å². The molecule has 0 aliphatic carbocycles. The van der Waals surface area contributed by atoms with Crippen molar-refractivity contribution in [2.24, 2.45) is 0 Å². The van der Waals surface area contributed by atoms with E-state index in [1.165, 1.54) is 4.90 Å². The number of fused-ring (bicyclic) bond motifs is 1. The van der Waals surface area contributed by atoms with Crippen LogP contribution in [0.25, 0.3) is 11.0 Å². The number of carbonyl (C=O) groups excluding carboxylic acids is 2. The maximum absolute atomic E-state index is 14.1. The lowest BCUT2D eigenvalue weighted by molar-refractivity contribution is -0.129. The number of ether oxygens (including phenoxy) is 1. The van der Waals surface area contributed by atoms with E-state index in [9.17, 15) is 9.59 Å². The van der Waals surface area contributed by atoms with E-state index >= 15 is 0 Å². The molecule has 0 bridgehead atoms. The molecule has 1 aromatic heterocycles. The number of aromatic nitrogens is 3. The van der Waals surface area contributed by atoms with E-state index in [2.05, 4.69) is 63.2 Å². The van der Waals surface area contributed by atoms with Crippen LogP contribution < -0.4 is 0 Å². The van der Waals surface area contributed by atoms with E-state index in [1.807, 2.05) is 55.5 Å². The summed E-state index contributed by atoms with van der Waals surface area (Å²) in [7, 11) is -2.00. The summed E-state index contributed by atoms with van der Waals surface area (Å²) in [6.45, 7) is 16.5. The minimum Gasteiger partial charge on any atom is -0.447 e. The van der Waals surface area contributed by atoms with Crippen LogP contribution in [0.3, 0.4) is 0 Å². The maximum atomic E-state index is 14.1. The highest BCUT2D eigenvalue weighted by Gasteiger charge is 2.40. The van der Waals surface area contributed by atoms with Crippen molar-refractivity contribution in [3.8, 4) is 0 Å². The summed E-state index contributed by atoms with van der Waals surface area (Å²) in [5.74, 6) is -0.754. The number of carbonyl (C=O) groups is 2. The lowest BCUT2D eigenvalue weighted by atomic mass is 9.86. The molecule has 0 saturated carbocycles. The predicted molar refractivity (Wildman–Crippen MR) is 180 cm³/mol. The number of imide groups is 1. The molecule has 1 fully saturated rings. The Hall–Kier alpha value is -3.53. The quantitative estimate of drug-likeness (QED) is 0.162. The van der Waals surface area contributed by atoms with Crippen LogP contribution in [-0.4, -0.2) is 52.9 Å². The van der Waals surface area contributed by atoms with E-state index in [4.69, 9.17) is 20.8 Å². The molecular weight excluding hydrogens is 604 g/mol. The molecule has 2 amide bonds. The summed E-state index contributed by atoms with van der Waals surface area (Å²) in [6.07, 6.45) is -0.0616. The van der Waals surface area contributed by atoms with Crippen molar-refractivity contribution in [1.82, 2.24) is 19.9 Å². The minimum atomic E-state index is -2.00. The Labute approximate surface area is 271 Å². The summed E-state index contributed by atoms with van der Waals surface area (Å²) >= 11 is 7.06. The second kappa shape index (κ2) is 13.1.